The van der Waals surface area contributed by atoms with E-state index in [0.29, 0.717) is 6.04 Å². The highest BCUT2D eigenvalue weighted by molar-refractivity contribution is 5.30. The van der Waals surface area contributed by atoms with Gasteiger partial charge in [-0.05, 0) is 20.3 Å². The molecule has 2 N–H and O–H groups in total. The van der Waals surface area contributed by atoms with E-state index in [-0.39, 0.29) is 0 Å². The minimum absolute atomic E-state index is 0.426. The highest BCUT2D eigenvalue weighted by Crippen LogP contribution is 2.19. The van der Waals surface area contributed by atoms with Gasteiger partial charge in [-0.3, -0.25) is 0 Å². The molecule has 1 unspecified atom stereocenters. The summed E-state index contributed by atoms with van der Waals surface area (Å²) in [4.78, 5) is 0. The summed E-state index contributed by atoms with van der Waals surface area (Å²) in [6, 6.07) is 2.36. The lowest BCUT2D eigenvalue weighted by atomic mass is 10.1. The van der Waals surface area contributed by atoms with E-state index in [1.54, 1.807) is 0 Å². The zero-order chi connectivity index (χ0) is 11.3. The predicted molar refractivity (Wildman–Crippen MR) is 64.8 cm³/mol. The van der Waals surface area contributed by atoms with Gasteiger partial charge in [0.2, 0.25) is 0 Å². The highest BCUT2D eigenvalue weighted by Gasteiger charge is 2.09. The second kappa shape index (κ2) is 5.79. The fourth-order valence-corrected chi connectivity index (χ4v) is 1.88. The van der Waals surface area contributed by atoms with E-state index in [2.05, 4.69) is 18.9 Å². The van der Waals surface area contributed by atoms with Crippen LogP contribution in [0.2, 0.25) is 0 Å². The molecule has 0 fully saturated rings. The average molecular weight is 209 g/mol. The van der Waals surface area contributed by atoms with Crippen LogP contribution in [0.3, 0.4) is 0 Å². The van der Waals surface area contributed by atoms with Crippen LogP contribution in [0.1, 0.15) is 57.7 Å². The first-order chi connectivity index (χ1) is 7.15. The normalized spacial score (nSPS) is 13.0. The molecule has 0 aliphatic rings. The Balaban J connectivity index is 2.39. The standard InChI is InChI=1S/C12H23N3/c1-4-5-6-7-8-11(3)15-12(13)9-10(2)14-15/h9,11H,4-8,13H2,1-3H3. The van der Waals surface area contributed by atoms with Gasteiger partial charge in [-0.1, -0.05) is 32.6 Å². The summed E-state index contributed by atoms with van der Waals surface area (Å²) in [6.07, 6.45) is 6.39. The monoisotopic (exact) mass is 209 g/mol. The van der Waals surface area contributed by atoms with Crippen LogP contribution < -0.4 is 5.73 Å². The second-order valence-corrected chi connectivity index (χ2v) is 4.35. The molecule has 0 amide bonds. The third-order valence-electron chi connectivity index (χ3n) is 2.78. The van der Waals surface area contributed by atoms with Crippen LogP contribution in [-0.2, 0) is 0 Å². The van der Waals surface area contributed by atoms with Crippen molar-refractivity contribution in [1.29, 1.82) is 0 Å². The maximum atomic E-state index is 5.87. The second-order valence-electron chi connectivity index (χ2n) is 4.35. The molecule has 1 heterocycles. The predicted octanol–water partition coefficient (Wildman–Crippen LogP) is 3.31. The maximum absolute atomic E-state index is 5.87. The Morgan fingerprint density at radius 3 is 2.67 bits per heavy atom. The van der Waals surface area contributed by atoms with Crippen LogP contribution in [0.5, 0.6) is 0 Å². The molecular formula is C12H23N3. The molecule has 3 heteroatoms. The summed E-state index contributed by atoms with van der Waals surface area (Å²) in [7, 11) is 0. The molecule has 1 atom stereocenters. The molecule has 0 aliphatic carbocycles. The number of hydrogen-bond donors (Lipinski definition) is 1. The lowest BCUT2D eigenvalue weighted by molar-refractivity contribution is 0.439. The zero-order valence-corrected chi connectivity index (χ0v) is 10.2. The van der Waals surface area contributed by atoms with Crippen LogP contribution in [0.25, 0.3) is 0 Å². The van der Waals surface area contributed by atoms with Gasteiger partial charge in [0, 0.05) is 6.07 Å². The van der Waals surface area contributed by atoms with Crippen LogP contribution in [0.4, 0.5) is 5.82 Å². The molecule has 0 aromatic carbocycles. The molecule has 1 aromatic rings. The van der Waals surface area contributed by atoms with E-state index in [9.17, 15) is 0 Å². The molecule has 0 radical (unpaired) electrons. The summed E-state index contributed by atoms with van der Waals surface area (Å²) in [5.74, 6) is 0.787. The number of anilines is 1. The van der Waals surface area contributed by atoms with E-state index in [4.69, 9.17) is 5.73 Å². The SMILES string of the molecule is CCCCCCC(C)n1nc(C)cc1N. The van der Waals surface area contributed by atoms with E-state index in [0.717, 1.165) is 11.5 Å². The van der Waals surface area contributed by atoms with Gasteiger partial charge >= 0.3 is 0 Å². The number of nitrogens with two attached hydrogens (primary N) is 1. The molecule has 0 saturated carbocycles. The average Bonchev–Trinajstić information content (AvgIpc) is 2.52. The summed E-state index contributed by atoms with van der Waals surface area (Å²) in [6.45, 7) is 6.41. The smallest absolute Gasteiger partial charge is 0.122 e. The molecule has 15 heavy (non-hydrogen) atoms. The number of aromatic nitrogens is 2. The fraction of sp³-hybridized carbons (Fsp3) is 0.750. The Labute approximate surface area is 92.7 Å². The summed E-state index contributed by atoms with van der Waals surface area (Å²) < 4.78 is 1.95. The summed E-state index contributed by atoms with van der Waals surface area (Å²) >= 11 is 0. The Morgan fingerprint density at radius 1 is 1.40 bits per heavy atom. The molecule has 86 valence electrons. The number of aryl methyl sites for hydroxylation is 1. The Morgan fingerprint density at radius 2 is 2.13 bits per heavy atom. The highest BCUT2D eigenvalue weighted by atomic mass is 15.3. The molecule has 0 spiro atoms. The Kier molecular flexibility index (Phi) is 4.66. The molecule has 1 aromatic heterocycles. The topological polar surface area (TPSA) is 43.8 Å². The van der Waals surface area contributed by atoms with E-state index in [1.165, 1.54) is 32.1 Å². The van der Waals surface area contributed by atoms with Crippen molar-refractivity contribution in [2.75, 3.05) is 5.73 Å². The van der Waals surface area contributed by atoms with Crippen LogP contribution in [0.15, 0.2) is 6.07 Å². The van der Waals surface area contributed by atoms with Crippen molar-refractivity contribution in [2.24, 2.45) is 0 Å². The van der Waals surface area contributed by atoms with Crippen molar-refractivity contribution in [3.8, 4) is 0 Å². The van der Waals surface area contributed by atoms with Crippen molar-refractivity contribution < 1.29 is 0 Å². The first-order valence-corrected chi connectivity index (χ1v) is 5.96. The third kappa shape index (κ3) is 3.57. The van der Waals surface area contributed by atoms with Gasteiger partial charge in [0.05, 0.1) is 11.7 Å². The van der Waals surface area contributed by atoms with Gasteiger partial charge in [0.15, 0.2) is 0 Å². The van der Waals surface area contributed by atoms with Crippen molar-refractivity contribution in [1.82, 2.24) is 9.78 Å². The molecule has 0 aliphatic heterocycles. The maximum Gasteiger partial charge on any atom is 0.122 e. The first-order valence-electron chi connectivity index (χ1n) is 5.96. The van der Waals surface area contributed by atoms with Crippen LogP contribution in [-0.4, -0.2) is 9.78 Å². The van der Waals surface area contributed by atoms with Crippen molar-refractivity contribution in [3.05, 3.63) is 11.8 Å². The number of nitrogen functional groups attached to an aromatic ring is 1. The van der Waals surface area contributed by atoms with Gasteiger partial charge < -0.3 is 5.73 Å². The number of nitrogens with zero attached hydrogens (tertiary/aromatic N) is 2. The van der Waals surface area contributed by atoms with Gasteiger partial charge in [-0.2, -0.15) is 5.10 Å². The lowest BCUT2D eigenvalue weighted by Gasteiger charge is -2.13. The van der Waals surface area contributed by atoms with E-state index < -0.39 is 0 Å². The number of rotatable bonds is 6. The minimum Gasteiger partial charge on any atom is -0.384 e. The largest absolute Gasteiger partial charge is 0.384 e. The summed E-state index contributed by atoms with van der Waals surface area (Å²) in [5.41, 5.74) is 6.88. The first kappa shape index (κ1) is 12.1. The van der Waals surface area contributed by atoms with E-state index in [1.807, 2.05) is 17.7 Å². The zero-order valence-electron chi connectivity index (χ0n) is 10.2. The molecule has 0 bridgehead atoms. The quantitative estimate of drug-likeness (QED) is 0.730. The van der Waals surface area contributed by atoms with Crippen molar-refractivity contribution >= 4 is 5.82 Å². The lowest BCUT2D eigenvalue weighted by Crippen LogP contribution is -2.10. The number of unbranched alkanes of at least 4 members (excludes halogenated alkanes) is 3. The summed E-state index contributed by atoms with van der Waals surface area (Å²) in [5, 5.41) is 4.40. The fourth-order valence-electron chi connectivity index (χ4n) is 1.88. The van der Waals surface area contributed by atoms with Gasteiger partial charge in [0.1, 0.15) is 5.82 Å². The Bertz CT molecular complexity index is 291. The van der Waals surface area contributed by atoms with Crippen molar-refractivity contribution in [3.63, 3.8) is 0 Å². The molecule has 3 nitrogen and oxygen atoms in total. The van der Waals surface area contributed by atoms with Crippen LogP contribution in [0, 0.1) is 6.92 Å². The van der Waals surface area contributed by atoms with Gasteiger partial charge in [0.25, 0.3) is 0 Å². The minimum atomic E-state index is 0.426. The molecular weight excluding hydrogens is 186 g/mol. The van der Waals surface area contributed by atoms with Gasteiger partial charge in [-0.25, -0.2) is 4.68 Å². The van der Waals surface area contributed by atoms with E-state index >= 15 is 0 Å². The molecule has 1 rings (SSSR count). The van der Waals surface area contributed by atoms with Gasteiger partial charge in [-0.15, -0.1) is 0 Å². The number of hydrogen-bond acceptors (Lipinski definition) is 2. The third-order valence-corrected chi connectivity index (χ3v) is 2.78. The Hall–Kier alpha value is -0.990. The van der Waals surface area contributed by atoms with Crippen molar-refractivity contribution in [2.45, 2.75) is 58.9 Å². The van der Waals surface area contributed by atoms with Crippen LogP contribution >= 0.6 is 0 Å². The molecule has 0 saturated heterocycles.